The van der Waals surface area contributed by atoms with Crippen LogP contribution in [0.3, 0.4) is 0 Å². The number of fused-ring (bicyclic) bond motifs is 1. The van der Waals surface area contributed by atoms with Gasteiger partial charge in [-0.3, -0.25) is 4.79 Å². The summed E-state index contributed by atoms with van der Waals surface area (Å²) in [7, 11) is -3.02. The molecule has 1 saturated heterocycles. The van der Waals surface area contributed by atoms with E-state index in [4.69, 9.17) is 0 Å². The molecule has 0 bridgehead atoms. The summed E-state index contributed by atoms with van der Waals surface area (Å²) in [4.78, 5) is 33.7. The Morgan fingerprint density at radius 3 is 2.52 bits per heavy atom. The highest BCUT2D eigenvalue weighted by atomic mass is 32.2. The lowest BCUT2D eigenvalue weighted by Gasteiger charge is -2.26. The second-order valence-electron chi connectivity index (χ2n) is 8.55. The van der Waals surface area contributed by atoms with Crippen molar-refractivity contribution in [2.45, 2.75) is 19.4 Å². The summed E-state index contributed by atoms with van der Waals surface area (Å²) in [5.41, 5.74) is 3.56. The fourth-order valence-corrected chi connectivity index (χ4v) is 5.12. The minimum atomic E-state index is -3.02. The third-order valence-electron chi connectivity index (χ3n) is 6.07. The molecule has 33 heavy (non-hydrogen) atoms. The fourth-order valence-electron chi connectivity index (χ4n) is 3.92. The van der Waals surface area contributed by atoms with Crippen molar-refractivity contribution in [3.8, 4) is 11.1 Å². The number of amides is 3. The lowest BCUT2D eigenvalue weighted by molar-refractivity contribution is -0.117. The molecule has 3 heterocycles. The van der Waals surface area contributed by atoms with E-state index in [1.165, 1.54) is 4.90 Å². The predicted molar refractivity (Wildman–Crippen MR) is 125 cm³/mol. The Kier molecular flexibility index (Phi) is 5.53. The first kappa shape index (κ1) is 21.4. The summed E-state index contributed by atoms with van der Waals surface area (Å²) in [6.45, 7) is 0.795. The maximum Gasteiger partial charge on any atom is 0.317 e. The molecule has 1 aliphatic carbocycles. The molecule has 9 nitrogen and oxygen atoms in total. The van der Waals surface area contributed by atoms with Gasteiger partial charge in [0.2, 0.25) is 5.91 Å². The van der Waals surface area contributed by atoms with Gasteiger partial charge in [-0.05, 0) is 41.7 Å². The summed E-state index contributed by atoms with van der Waals surface area (Å²) >= 11 is 0. The zero-order valence-corrected chi connectivity index (χ0v) is 18.8. The van der Waals surface area contributed by atoms with Crippen molar-refractivity contribution < 1.29 is 18.0 Å². The average molecular weight is 468 g/mol. The molecule has 172 valence electrons. The van der Waals surface area contributed by atoms with Gasteiger partial charge >= 0.3 is 6.03 Å². The molecule has 2 aliphatic rings. The number of pyridine rings is 1. The Morgan fingerprint density at radius 1 is 1.09 bits per heavy atom. The number of hydrogen-bond donors (Lipinski definition) is 3. The summed E-state index contributed by atoms with van der Waals surface area (Å²) in [6, 6.07) is 11.4. The molecule has 1 aliphatic heterocycles. The van der Waals surface area contributed by atoms with E-state index >= 15 is 0 Å². The van der Waals surface area contributed by atoms with Gasteiger partial charge in [-0.15, -0.1) is 0 Å². The third kappa shape index (κ3) is 4.85. The number of sulfone groups is 1. The number of nitrogens with one attached hydrogen (secondary N) is 3. The van der Waals surface area contributed by atoms with E-state index in [0.717, 1.165) is 34.9 Å². The molecular formula is C23H25N5O4S. The number of urea groups is 1. The SMILES string of the molecule is O=C(Nc1cc(-c2ccc(CNC(=O)N3CCS(=O)(=O)CC3)cc2)c2cc[nH]c2n1)C1CC1. The number of anilines is 1. The molecular weight excluding hydrogens is 442 g/mol. The molecule has 0 unspecified atom stereocenters. The van der Waals surface area contributed by atoms with Crippen LogP contribution in [-0.2, 0) is 21.2 Å². The Hall–Kier alpha value is -3.40. The van der Waals surface area contributed by atoms with Crippen molar-refractivity contribution in [2.24, 2.45) is 5.92 Å². The Morgan fingerprint density at radius 2 is 1.82 bits per heavy atom. The quantitative estimate of drug-likeness (QED) is 0.532. The van der Waals surface area contributed by atoms with E-state index in [-0.39, 0.29) is 42.5 Å². The number of H-pyrrole nitrogens is 1. The standard InChI is InChI=1S/C23H25N5O4S/c29-22(17-5-6-17)27-20-13-19(18-7-8-24-21(18)26-20)16-3-1-15(2-4-16)14-25-23(30)28-9-11-33(31,32)12-10-28/h1-4,7-8,13,17H,5-6,9-12,14H2,(H,25,30)(H2,24,26,27,29). The minimum Gasteiger partial charge on any atom is -0.346 e. The van der Waals surface area contributed by atoms with Gasteiger partial charge < -0.3 is 20.5 Å². The number of aromatic amines is 1. The highest BCUT2D eigenvalue weighted by Crippen LogP contribution is 2.33. The molecule has 1 saturated carbocycles. The van der Waals surface area contributed by atoms with Gasteiger partial charge in [-0.1, -0.05) is 24.3 Å². The van der Waals surface area contributed by atoms with E-state index in [2.05, 4.69) is 20.6 Å². The molecule has 3 amide bonds. The molecule has 3 aromatic rings. The van der Waals surface area contributed by atoms with Gasteiger partial charge in [0.05, 0.1) is 11.5 Å². The summed E-state index contributed by atoms with van der Waals surface area (Å²) in [6.07, 6.45) is 3.68. The van der Waals surface area contributed by atoms with Gasteiger partial charge in [0.1, 0.15) is 11.5 Å². The summed E-state index contributed by atoms with van der Waals surface area (Å²) < 4.78 is 23.1. The second-order valence-corrected chi connectivity index (χ2v) is 10.9. The highest BCUT2D eigenvalue weighted by Gasteiger charge is 2.30. The number of carbonyl (C=O) groups excluding carboxylic acids is 2. The van der Waals surface area contributed by atoms with Crippen LogP contribution in [0.2, 0.25) is 0 Å². The van der Waals surface area contributed by atoms with E-state index in [1.807, 2.05) is 42.6 Å². The number of nitrogens with zero attached hydrogens (tertiary/aromatic N) is 2. The zero-order chi connectivity index (χ0) is 23.0. The smallest absolute Gasteiger partial charge is 0.317 e. The van der Waals surface area contributed by atoms with Crippen molar-refractivity contribution in [3.05, 3.63) is 48.2 Å². The maximum atomic E-state index is 12.3. The number of rotatable bonds is 5. The van der Waals surface area contributed by atoms with Crippen molar-refractivity contribution in [1.29, 1.82) is 0 Å². The first-order valence-corrected chi connectivity index (χ1v) is 12.8. The highest BCUT2D eigenvalue weighted by molar-refractivity contribution is 7.91. The second kappa shape index (κ2) is 8.51. The normalized spacial score (nSPS) is 17.6. The molecule has 0 spiro atoms. The van der Waals surface area contributed by atoms with Crippen LogP contribution >= 0.6 is 0 Å². The monoisotopic (exact) mass is 467 g/mol. The summed E-state index contributed by atoms with van der Waals surface area (Å²) in [5.74, 6) is 0.655. The largest absolute Gasteiger partial charge is 0.346 e. The Bertz CT molecular complexity index is 1300. The Labute approximate surface area is 191 Å². The number of hydrogen-bond acceptors (Lipinski definition) is 5. The van der Waals surface area contributed by atoms with Crippen LogP contribution in [0.15, 0.2) is 42.6 Å². The van der Waals surface area contributed by atoms with Crippen LogP contribution in [0.5, 0.6) is 0 Å². The Balaban J connectivity index is 1.27. The molecule has 0 radical (unpaired) electrons. The van der Waals surface area contributed by atoms with E-state index in [1.54, 1.807) is 0 Å². The topological polar surface area (TPSA) is 124 Å². The fraction of sp³-hybridized carbons (Fsp3) is 0.348. The van der Waals surface area contributed by atoms with Crippen LogP contribution in [0.25, 0.3) is 22.2 Å². The number of carbonyl (C=O) groups is 2. The summed E-state index contributed by atoms with van der Waals surface area (Å²) in [5, 5.41) is 6.73. The number of aromatic nitrogens is 2. The van der Waals surface area contributed by atoms with Gasteiger partial charge in [0, 0.05) is 37.1 Å². The zero-order valence-electron chi connectivity index (χ0n) is 18.0. The van der Waals surface area contributed by atoms with Gasteiger partial charge in [0.15, 0.2) is 9.84 Å². The lowest BCUT2D eigenvalue weighted by Crippen LogP contribution is -2.47. The van der Waals surface area contributed by atoms with Crippen molar-refractivity contribution in [2.75, 3.05) is 29.9 Å². The molecule has 10 heteroatoms. The molecule has 3 N–H and O–H groups in total. The van der Waals surface area contributed by atoms with Gasteiger partial charge in [-0.25, -0.2) is 18.2 Å². The van der Waals surface area contributed by atoms with Crippen molar-refractivity contribution in [3.63, 3.8) is 0 Å². The van der Waals surface area contributed by atoms with Crippen molar-refractivity contribution >= 4 is 38.6 Å². The van der Waals surface area contributed by atoms with Crippen LogP contribution in [0.1, 0.15) is 18.4 Å². The molecule has 5 rings (SSSR count). The van der Waals surface area contributed by atoms with Gasteiger partial charge in [-0.2, -0.15) is 0 Å². The van der Waals surface area contributed by atoms with Crippen LogP contribution in [0, 0.1) is 5.92 Å². The average Bonchev–Trinajstić information content (AvgIpc) is 3.55. The molecule has 2 fully saturated rings. The van der Waals surface area contributed by atoms with E-state index in [0.29, 0.717) is 18.0 Å². The molecule has 0 atom stereocenters. The van der Waals surface area contributed by atoms with E-state index in [9.17, 15) is 18.0 Å². The molecule has 1 aromatic carbocycles. The maximum absolute atomic E-state index is 12.3. The third-order valence-corrected chi connectivity index (χ3v) is 7.68. The number of benzene rings is 1. The van der Waals surface area contributed by atoms with E-state index < -0.39 is 9.84 Å². The van der Waals surface area contributed by atoms with Crippen molar-refractivity contribution in [1.82, 2.24) is 20.2 Å². The predicted octanol–water partition coefficient (Wildman–Crippen LogP) is 2.52. The minimum absolute atomic E-state index is 0.0109. The first-order chi connectivity index (χ1) is 15.9. The van der Waals surface area contributed by atoms with Crippen LogP contribution in [-0.4, -0.2) is 59.8 Å². The molecule has 2 aromatic heterocycles. The van der Waals surface area contributed by atoms with Gasteiger partial charge in [0.25, 0.3) is 0 Å². The lowest BCUT2D eigenvalue weighted by atomic mass is 10.0. The van der Waals surface area contributed by atoms with Crippen LogP contribution < -0.4 is 10.6 Å². The first-order valence-electron chi connectivity index (χ1n) is 11.0. The van der Waals surface area contributed by atoms with Crippen LogP contribution in [0.4, 0.5) is 10.6 Å².